The minimum absolute atomic E-state index is 0.0511. The Labute approximate surface area is 97.2 Å². The molecule has 17 heavy (non-hydrogen) atoms. The van der Waals surface area contributed by atoms with Crippen LogP contribution in [0, 0.1) is 0 Å². The predicted octanol–water partition coefficient (Wildman–Crippen LogP) is 2.48. The van der Waals surface area contributed by atoms with Gasteiger partial charge in [-0.1, -0.05) is 18.2 Å². The highest BCUT2D eigenvalue weighted by Crippen LogP contribution is 2.31. The Morgan fingerprint density at radius 1 is 1.29 bits per heavy atom. The van der Waals surface area contributed by atoms with E-state index in [-0.39, 0.29) is 12.1 Å². The second kappa shape index (κ2) is 5.07. The van der Waals surface area contributed by atoms with E-state index in [4.69, 9.17) is 0 Å². The molecule has 0 unspecified atom stereocenters. The summed E-state index contributed by atoms with van der Waals surface area (Å²) in [5.74, 6) is 0. The molecule has 0 atom stereocenters. The molecular weight excluding hydrogens is 233 g/mol. The number of hydrogen-bond acceptors (Lipinski definition) is 1. The van der Waals surface area contributed by atoms with Crippen molar-refractivity contribution in [3.05, 3.63) is 35.4 Å². The molecule has 0 aliphatic carbocycles. The molecule has 1 aromatic rings. The van der Waals surface area contributed by atoms with Crippen LogP contribution in [0.3, 0.4) is 0 Å². The zero-order chi connectivity index (χ0) is 13.1. The first-order chi connectivity index (χ1) is 7.82. The van der Waals surface area contributed by atoms with E-state index in [0.29, 0.717) is 0 Å². The fraction of sp³-hybridized carbons (Fsp3) is 0.364. The Hall–Kier alpha value is -1.72. The maximum Gasteiger partial charge on any atom is 0.416 e. The number of benzene rings is 1. The van der Waals surface area contributed by atoms with Gasteiger partial charge in [-0.05, 0) is 11.6 Å². The molecule has 6 heteroatoms. The molecule has 1 rings (SSSR count). The summed E-state index contributed by atoms with van der Waals surface area (Å²) in [7, 11) is 3.04. The van der Waals surface area contributed by atoms with Crippen molar-refractivity contribution in [1.82, 2.24) is 10.2 Å². The smallest absolute Gasteiger partial charge is 0.334 e. The molecule has 0 spiro atoms. The quantitative estimate of drug-likeness (QED) is 0.854. The minimum Gasteiger partial charge on any atom is -0.334 e. The fourth-order valence-corrected chi connectivity index (χ4v) is 1.28. The maximum atomic E-state index is 12.6. The summed E-state index contributed by atoms with van der Waals surface area (Å²) in [4.78, 5) is 12.5. The van der Waals surface area contributed by atoms with Crippen LogP contribution >= 0.6 is 0 Å². The lowest BCUT2D eigenvalue weighted by atomic mass is 10.1. The summed E-state index contributed by atoms with van der Waals surface area (Å²) in [6, 6.07) is 4.74. The number of rotatable bonds is 2. The third-order valence-corrected chi connectivity index (χ3v) is 2.16. The Balaban J connectivity index is 2.82. The number of amides is 2. The van der Waals surface area contributed by atoms with E-state index in [1.54, 1.807) is 0 Å². The molecule has 3 nitrogen and oxygen atoms in total. The van der Waals surface area contributed by atoms with Gasteiger partial charge in [0, 0.05) is 20.6 Å². The molecule has 0 fully saturated rings. The second-order valence-corrected chi connectivity index (χ2v) is 3.71. The lowest BCUT2D eigenvalue weighted by Gasteiger charge is -2.15. The third kappa shape index (κ3) is 3.65. The van der Waals surface area contributed by atoms with Crippen molar-refractivity contribution in [3.8, 4) is 0 Å². The molecule has 0 heterocycles. The molecule has 0 aromatic heterocycles. The number of hydrogen-bond donors (Lipinski definition) is 1. The highest BCUT2D eigenvalue weighted by molar-refractivity contribution is 5.73. The van der Waals surface area contributed by atoms with Gasteiger partial charge in [-0.25, -0.2) is 4.79 Å². The number of carbonyl (C=O) groups is 1. The lowest BCUT2D eigenvalue weighted by molar-refractivity contribution is -0.138. The molecule has 0 radical (unpaired) electrons. The van der Waals surface area contributed by atoms with Crippen LogP contribution in [0.2, 0.25) is 0 Å². The van der Waals surface area contributed by atoms with E-state index in [1.807, 2.05) is 0 Å². The first-order valence-corrected chi connectivity index (χ1v) is 4.92. The highest BCUT2D eigenvalue weighted by atomic mass is 19.4. The summed E-state index contributed by atoms with van der Waals surface area (Å²) in [5, 5.41) is 2.40. The van der Waals surface area contributed by atoms with Crippen molar-refractivity contribution in [2.75, 3.05) is 14.1 Å². The maximum absolute atomic E-state index is 12.6. The Morgan fingerprint density at radius 2 is 1.88 bits per heavy atom. The van der Waals surface area contributed by atoms with Gasteiger partial charge in [0.05, 0.1) is 5.56 Å². The summed E-state index contributed by atoms with van der Waals surface area (Å²) >= 11 is 0. The first kappa shape index (κ1) is 13.3. The fourth-order valence-electron chi connectivity index (χ4n) is 1.28. The molecular formula is C11H13F3N2O. The number of alkyl halides is 3. The van der Waals surface area contributed by atoms with Gasteiger partial charge in [-0.2, -0.15) is 13.2 Å². The van der Waals surface area contributed by atoms with Crippen molar-refractivity contribution in [2.24, 2.45) is 0 Å². The van der Waals surface area contributed by atoms with Gasteiger partial charge in [0.25, 0.3) is 0 Å². The van der Waals surface area contributed by atoms with Gasteiger partial charge in [-0.15, -0.1) is 0 Å². The van der Waals surface area contributed by atoms with Crippen LogP contribution in [0.4, 0.5) is 18.0 Å². The van der Waals surface area contributed by atoms with E-state index in [9.17, 15) is 18.0 Å². The Morgan fingerprint density at radius 3 is 2.41 bits per heavy atom. The third-order valence-electron chi connectivity index (χ3n) is 2.16. The molecule has 0 bridgehead atoms. The van der Waals surface area contributed by atoms with Crippen LogP contribution in [0.5, 0.6) is 0 Å². The van der Waals surface area contributed by atoms with Crippen molar-refractivity contribution < 1.29 is 18.0 Å². The molecule has 2 amide bonds. The van der Waals surface area contributed by atoms with Crippen LogP contribution < -0.4 is 5.32 Å². The van der Waals surface area contributed by atoms with Crippen LogP contribution in [0.1, 0.15) is 11.1 Å². The van der Waals surface area contributed by atoms with Gasteiger partial charge in [0.15, 0.2) is 0 Å². The molecule has 94 valence electrons. The van der Waals surface area contributed by atoms with E-state index in [2.05, 4.69) is 5.32 Å². The van der Waals surface area contributed by atoms with Crippen LogP contribution in [0.15, 0.2) is 24.3 Å². The zero-order valence-corrected chi connectivity index (χ0v) is 9.51. The molecule has 0 saturated heterocycles. The van der Waals surface area contributed by atoms with Crippen molar-refractivity contribution in [3.63, 3.8) is 0 Å². The normalized spacial score (nSPS) is 11.1. The van der Waals surface area contributed by atoms with Gasteiger partial charge in [-0.3, -0.25) is 0 Å². The highest BCUT2D eigenvalue weighted by Gasteiger charge is 2.32. The minimum atomic E-state index is -4.40. The average Bonchev–Trinajstić information content (AvgIpc) is 2.24. The first-order valence-electron chi connectivity index (χ1n) is 4.92. The van der Waals surface area contributed by atoms with Crippen LogP contribution in [-0.2, 0) is 12.7 Å². The Bertz CT molecular complexity index is 402. The molecule has 0 aliphatic rings. The number of carbonyl (C=O) groups excluding carboxylic acids is 1. The number of nitrogens with one attached hydrogen (secondary N) is 1. The lowest BCUT2D eigenvalue weighted by Crippen LogP contribution is -2.34. The summed E-state index contributed by atoms with van der Waals surface area (Å²) < 4.78 is 37.8. The van der Waals surface area contributed by atoms with Gasteiger partial charge >= 0.3 is 12.2 Å². The van der Waals surface area contributed by atoms with E-state index in [0.717, 1.165) is 6.07 Å². The van der Waals surface area contributed by atoms with Gasteiger partial charge < -0.3 is 10.2 Å². The van der Waals surface area contributed by atoms with E-state index >= 15 is 0 Å². The second-order valence-electron chi connectivity index (χ2n) is 3.71. The topological polar surface area (TPSA) is 32.3 Å². The van der Waals surface area contributed by atoms with Crippen LogP contribution in [-0.4, -0.2) is 25.0 Å². The molecule has 0 aliphatic heterocycles. The van der Waals surface area contributed by atoms with E-state index < -0.39 is 17.8 Å². The predicted molar refractivity (Wildman–Crippen MR) is 57.4 cm³/mol. The molecule has 1 aromatic carbocycles. The van der Waals surface area contributed by atoms with Crippen LogP contribution in [0.25, 0.3) is 0 Å². The number of halogens is 3. The zero-order valence-electron chi connectivity index (χ0n) is 9.51. The number of urea groups is 1. The Kier molecular flexibility index (Phi) is 3.98. The van der Waals surface area contributed by atoms with Crippen molar-refractivity contribution in [2.45, 2.75) is 12.7 Å². The summed E-state index contributed by atoms with van der Waals surface area (Å²) in [5.41, 5.74) is -0.672. The van der Waals surface area contributed by atoms with Crippen molar-refractivity contribution >= 4 is 6.03 Å². The SMILES string of the molecule is CN(C)C(=O)NCc1ccccc1C(F)(F)F. The largest absolute Gasteiger partial charge is 0.416 e. The summed E-state index contributed by atoms with van der Waals surface area (Å²) in [6.45, 7) is -0.146. The molecule has 0 saturated carbocycles. The van der Waals surface area contributed by atoms with E-state index in [1.165, 1.54) is 37.2 Å². The molecule has 1 N–H and O–H groups in total. The van der Waals surface area contributed by atoms with Gasteiger partial charge in [0.1, 0.15) is 0 Å². The number of nitrogens with zero attached hydrogens (tertiary/aromatic N) is 1. The van der Waals surface area contributed by atoms with Crippen molar-refractivity contribution in [1.29, 1.82) is 0 Å². The van der Waals surface area contributed by atoms with Gasteiger partial charge in [0.2, 0.25) is 0 Å². The average molecular weight is 246 g/mol. The monoisotopic (exact) mass is 246 g/mol. The standard InChI is InChI=1S/C11H13F3N2O/c1-16(2)10(17)15-7-8-5-3-4-6-9(8)11(12,13)14/h3-6H,7H2,1-2H3,(H,15,17). The summed E-state index contributed by atoms with van der Waals surface area (Å²) in [6.07, 6.45) is -4.40.